The zero-order valence-electron chi connectivity index (χ0n) is 22.0. The molecule has 0 aliphatic carbocycles. The van der Waals surface area contributed by atoms with Gasteiger partial charge in [-0.1, -0.05) is 53.6 Å². The number of aryl methyl sites for hydroxylation is 1. The van der Waals surface area contributed by atoms with Crippen molar-refractivity contribution in [2.24, 2.45) is 5.92 Å². The van der Waals surface area contributed by atoms with Gasteiger partial charge in [0.05, 0.1) is 12.0 Å². The van der Waals surface area contributed by atoms with Gasteiger partial charge in [-0.15, -0.1) is 0 Å². The van der Waals surface area contributed by atoms with Crippen molar-refractivity contribution < 1.29 is 18.8 Å². The number of hydrogen-bond donors (Lipinski definition) is 1. The minimum atomic E-state index is -1.42. The smallest absolute Gasteiger partial charge is 0.238 e. The Morgan fingerprint density at radius 3 is 2.34 bits per heavy atom. The van der Waals surface area contributed by atoms with Crippen LogP contribution in [0.5, 0.6) is 0 Å². The molecule has 3 heterocycles. The number of carbonyl (C=O) groups is 3. The molecule has 3 aliphatic rings. The maximum Gasteiger partial charge on any atom is 0.238 e. The van der Waals surface area contributed by atoms with E-state index in [1.807, 2.05) is 66.4 Å². The molecule has 1 N–H and O–H groups in total. The number of halogens is 2. The van der Waals surface area contributed by atoms with Crippen LogP contribution >= 0.6 is 11.6 Å². The number of amides is 1. The maximum atomic E-state index is 14.7. The van der Waals surface area contributed by atoms with Crippen molar-refractivity contribution in [1.82, 2.24) is 0 Å². The Bertz CT molecular complexity index is 1780. The summed E-state index contributed by atoms with van der Waals surface area (Å²) in [6.45, 7) is 1.99. The Morgan fingerprint density at radius 2 is 1.59 bits per heavy atom. The molecule has 7 rings (SSSR count). The highest BCUT2D eigenvalue weighted by molar-refractivity contribution is 6.30. The maximum absolute atomic E-state index is 14.7. The molecule has 0 bridgehead atoms. The number of carbonyl (C=O) groups excluding carboxylic acids is 3. The molecule has 1 saturated heterocycles. The lowest BCUT2D eigenvalue weighted by atomic mass is 9.64. The lowest BCUT2D eigenvalue weighted by molar-refractivity contribution is -0.121. The standard InChI is InChI=1S/C34H24ClFN2O3/c1-19-6-16-27-22(18-19)11-17-28-34(25-4-2-3-5-26(25)37-33(34)41)29(31(39)20-9-14-24(36)15-10-20)30(38(27)28)32(40)21-7-12-23(35)13-8-21/h2-18,28-30H,1H3,(H,37,41). The van der Waals surface area contributed by atoms with Crippen LogP contribution in [0.1, 0.15) is 37.4 Å². The van der Waals surface area contributed by atoms with Crippen LogP contribution in [0.4, 0.5) is 15.8 Å². The van der Waals surface area contributed by atoms with E-state index in [1.165, 1.54) is 24.3 Å². The molecular formula is C34H24ClFN2O3. The summed E-state index contributed by atoms with van der Waals surface area (Å²) in [5.41, 5.74) is 3.16. The largest absolute Gasteiger partial charge is 0.352 e. The second kappa shape index (κ2) is 9.25. The third-order valence-electron chi connectivity index (χ3n) is 8.60. The second-order valence-electron chi connectivity index (χ2n) is 10.8. The van der Waals surface area contributed by atoms with E-state index in [9.17, 15) is 18.8 Å². The van der Waals surface area contributed by atoms with Gasteiger partial charge in [0, 0.05) is 27.5 Å². The lowest BCUT2D eigenvalue weighted by Gasteiger charge is -2.37. The first kappa shape index (κ1) is 25.4. The van der Waals surface area contributed by atoms with Crippen molar-refractivity contribution in [3.05, 3.63) is 136 Å². The van der Waals surface area contributed by atoms with Gasteiger partial charge in [-0.05, 0) is 84.8 Å². The minimum Gasteiger partial charge on any atom is -0.352 e. The molecule has 202 valence electrons. The van der Waals surface area contributed by atoms with E-state index in [1.54, 1.807) is 24.3 Å². The number of fused-ring (bicyclic) bond motifs is 6. The number of Topliss-reactive ketones (excluding diaryl/α,β-unsaturated/α-hetero) is 2. The van der Waals surface area contributed by atoms with E-state index in [4.69, 9.17) is 11.6 Å². The molecule has 3 aliphatic heterocycles. The fourth-order valence-corrected chi connectivity index (χ4v) is 7.00. The van der Waals surface area contributed by atoms with Crippen LogP contribution < -0.4 is 10.2 Å². The lowest BCUT2D eigenvalue weighted by Crippen LogP contribution is -2.51. The number of anilines is 2. The number of benzene rings is 4. The molecule has 1 amide bonds. The van der Waals surface area contributed by atoms with Gasteiger partial charge in [0.15, 0.2) is 11.6 Å². The van der Waals surface area contributed by atoms with Crippen molar-refractivity contribution in [2.75, 3.05) is 10.2 Å². The molecule has 0 saturated carbocycles. The van der Waals surface area contributed by atoms with Gasteiger partial charge < -0.3 is 10.2 Å². The Kier molecular flexibility index (Phi) is 5.73. The number of hydrogen-bond acceptors (Lipinski definition) is 4. The number of nitrogens with one attached hydrogen (secondary N) is 1. The molecular weight excluding hydrogens is 539 g/mol. The summed E-state index contributed by atoms with van der Waals surface area (Å²) in [6.07, 6.45) is 3.90. The number of para-hydroxylation sites is 1. The van der Waals surface area contributed by atoms with Crippen LogP contribution in [0.2, 0.25) is 5.02 Å². The molecule has 1 fully saturated rings. The Hall–Kier alpha value is -4.55. The van der Waals surface area contributed by atoms with Crippen molar-refractivity contribution in [3.63, 3.8) is 0 Å². The van der Waals surface area contributed by atoms with E-state index in [2.05, 4.69) is 5.32 Å². The third kappa shape index (κ3) is 3.64. The van der Waals surface area contributed by atoms with Crippen molar-refractivity contribution >= 4 is 46.5 Å². The second-order valence-corrected chi connectivity index (χ2v) is 11.2. The topological polar surface area (TPSA) is 66.5 Å². The third-order valence-corrected chi connectivity index (χ3v) is 8.85. The van der Waals surface area contributed by atoms with Crippen LogP contribution in [0.25, 0.3) is 6.08 Å². The average Bonchev–Trinajstić information content (AvgIpc) is 3.45. The summed E-state index contributed by atoms with van der Waals surface area (Å²) in [6, 6.07) is 23.4. The van der Waals surface area contributed by atoms with Gasteiger partial charge in [-0.25, -0.2) is 4.39 Å². The number of ketones is 2. The Labute approximate surface area is 241 Å². The van der Waals surface area contributed by atoms with Gasteiger partial charge in [0.2, 0.25) is 5.91 Å². The predicted molar refractivity (Wildman–Crippen MR) is 157 cm³/mol. The van der Waals surface area contributed by atoms with Crippen LogP contribution in [-0.2, 0) is 10.2 Å². The quantitative estimate of drug-likeness (QED) is 0.283. The summed E-state index contributed by atoms with van der Waals surface area (Å²) in [5.74, 6) is -2.66. The van der Waals surface area contributed by atoms with E-state index in [0.29, 0.717) is 21.8 Å². The Morgan fingerprint density at radius 1 is 0.902 bits per heavy atom. The molecule has 1 spiro atoms. The summed E-state index contributed by atoms with van der Waals surface area (Å²) in [4.78, 5) is 45.5. The Balaban J connectivity index is 1.53. The molecule has 0 radical (unpaired) electrons. The van der Waals surface area contributed by atoms with Crippen LogP contribution in [0.3, 0.4) is 0 Å². The van der Waals surface area contributed by atoms with Gasteiger partial charge in [-0.2, -0.15) is 0 Å². The van der Waals surface area contributed by atoms with Crippen molar-refractivity contribution in [3.8, 4) is 0 Å². The zero-order chi connectivity index (χ0) is 28.5. The molecule has 7 heteroatoms. The van der Waals surface area contributed by atoms with Crippen LogP contribution in [0.15, 0.2) is 97.1 Å². The van der Waals surface area contributed by atoms with Gasteiger partial charge in [-0.3, -0.25) is 14.4 Å². The van der Waals surface area contributed by atoms with Crippen LogP contribution in [0, 0.1) is 18.7 Å². The van der Waals surface area contributed by atoms with E-state index < -0.39 is 35.0 Å². The monoisotopic (exact) mass is 562 g/mol. The van der Waals surface area contributed by atoms with Crippen molar-refractivity contribution in [2.45, 2.75) is 24.4 Å². The molecule has 0 aromatic heterocycles. The highest BCUT2D eigenvalue weighted by Crippen LogP contribution is 2.58. The van der Waals surface area contributed by atoms with Gasteiger partial charge in [0.1, 0.15) is 17.3 Å². The highest BCUT2D eigenvalue weighted by atomic mass is 35.5. The predicted octanol–water partition coefficient (Wildman–Crippen LogP) is 6.64. The van der Waals surface area contributed by atoms with E-state index in [-0.39, 0.29) is 17.3 Å². The fraction of sp³-hybridized carbons (Fsp3) is 0.147. The van der Waals surface area contributed by atoms with E-state index >= 15 is 0 Å². The molecule has 4 aromatic carbocycles. The minimum absolute atomic E-state index is 0.231. The van der Waals surface area contributed by atoms with Gasteiger partial charge in [0.25, 0.3) is 0 Å². The van der Waals surface area contributed by atoms with Crippen molar-refractivity contribution in [1.29, 1.82) is 0 Å². The van der Waals surface area contributed by atoms with Crippen LogP contribution in [-0.4, -0.2) is 29.6 Å². The normalized spacial score (nSPS) is 23.6. The molecule has 4 aromatic rings. The van der Waals surface area contributed by atoms with E-state index in [0.717, 1.165) is 16.8 Å². The highest BCUT2D eigenvalue weighted by Gasteiger charge is 2.70. The van der Waals surface area contributed by atoms with Gasteiger partial charge >= 0.3 is 0 Å². The molecule has 4 atom stereocenters. The fourth-order valence-electron chi connectivity index (χ4n) is 6.88. The SMILES string of the molecule is Cc1ccc2c(c1)C=CC1N2C(C(=O)c2ccc(Cl)cc2)C(C(=O)c2ccc(F)cc2)C12C(=O)Nc1ccccc12. The summed E-state index contributed by atoms with van der Waals surface area (Å²) in [5, 5.41) is 3.49. The summed E-state index contributed by atoms with van der Waals surface area (Å²) in [7, 11) is 0. The summed E-state index contributed by atoms with van der Waals surface area (Å²) >= 11 is 6.15. The zero-order valence-corrected chi connectivity index (χ0v) is 22.7. The first-order chi connectivity index (χ1) is 19.8. The number of rotatable bonds is 4. The first-order valence-electron chi connectivity index (χ1n) is 13.4. The molecule has 4 unspecified atom stereocenters. The molecule has 41 heavy (non-hydrogen) atoms. The average molecular weight is 563 g/mol. The molecule has 5 nitrogen and oxygen atoms in total. The number of nitrogens with zero attached hydrogens (tertiary/aromatic N) is 1. The summed E-state index contributed by atoms with van der Waals surface area (Å²) < 4.78 is 13.9. The first-order valence-corrected chi connectivity index (χ1v) is 13.8.